The molecule has 0 radical (unpaired) electrons. The van der Waals surface area contributed by atoms with Crippen molar-refractivity contribution in [2.45, 2.75) is 24.1 Å². The lowest BCUT2D eigenvalue weighted by atomic mass is 10.3. The highest BCUT2D eigenvalue weighted by Crippen LogP contribution is 2.34. The van der Waals surface area contributed by atoms with Crippen LogP contribution in [0.4, 0.5) is 0 Å². The van der Waals surface area contributed by atoms with Gasteiger partial charge in [0.05, 0.1) is 0 Å². The SMILES string of the molecule is CC/C=C(\C)C(Cl)(Cl)Cl. The summed E-state index contributed by atoms with van der Waals surface area (Å²) in [5.74, 6) is 0. The van der Waals surface area contributed by atoms with E-state index in [0.29, 0.717) is 0 Å². The minimum absolute atomic E-state index is 0.787. The summed E-state index contributed by atoms with van der Waals surface area (Å²) in [6, 6.07) is 0. The first-order valence-corrected chi connectivity index (χ1v) is 3.85. The van der Waals surface area contributed by atoms with Gasteiger partial charge in [0.2, 0.25) is 3.79 Å². The minimum Gasteiger partial charge on any atom is -0.0817 e. The third-order valence-corrected chi connectivity index (χ3v) is 1.85. The summed E-state index contributed by atoms with van der Waals surface area (Å²) in [7, 11) is 0. The molecule has 0 aromatic carbocycles. The van der Waals surface area contributed by atoms with Crippen LogP contribution in [0.25, 0.3) is 0 Å². The maximum absolute atomic E-state index is 5.52. The summed E-state index contributed by atoms with van der Waals surface area (Å²) in [4.78, 5) is 0. The van der Waals surface area contributed by atoms with Crippen LogP contribution in [0.2, 0.25) is 0 Å². The van der Waals surface area contributed by atoms with Crippen LogP contribution in [0, 0.1) is 0 Å². The van der Waals surface area contributed by atoms with E-state index in [1.165, 1.54) is 0 Å². The average Bonchev–Trinajstić information content (AvgIpc) is 1.64. The summed E-state index contributed by atoms with van der Waals surface area (Å²) in [6.07, 6.45) is 2.80. The molecule has 9 heavy (non-hydrogen) atoms. The molecule has 0 spiro atoms. The normalized spacial score (nSPS) is 14.1. The Morgan fingerprint density at radius 2 is 1.89 bits per heavy atom. The molecule has 0 aliphatic carbocycles. The molecule has 0 aliphatic rings. The Morgan fingerprint density at radius 1 is 1.44 bits per heavy atom. The summed E-state index contributed by atoms with van der Waals surface area (Å²) in [5, 5.41) is 0. The third kappa shape index (κ3) is 4.07. The van der Waals surface area contributed by atoms with Crippen LogP contribution in [0.5, 0.6) is 0 Å². The predicted octanol–water partition coefficient (Wildman–Crippen LogP) is 3.71. The molecule has 0 unspecified atom stereocenters. The summed E-state index contributed by atoms with van der Waals surface area (Å²) < 4.78 is -1.21. The molecule has 0 rings (SSSR count). The third-order valence-electron chi connectivity index (χ3n) is 0.957. The first-order valence-electron chi connectivity index (χ1n) is 2.72. The lowest BCUT2D eigenvalue weighted by Gasteiger charge is -2.09. The van der Waals surface area contributed by atoms with Gasteiger partial charge in [0, 0.05) is 0 Å². The van der Waals surface area contributed by atoms with Gasteiger partial charge in [-0.2, -0.15) is 0 Å². The van der Waals surface area contributed by atoms with Crippen molar-refractivity contribution >= 4 is 34.8 Å². The van der Waals surface area contributed by atoms with Crippen molar-refractivity contribution in [3.05, 3.63) is 11.6 Å². The molecule has 0 aromatic heterocycles. The van der Waals surface area contributed by atoms with E-state index in [0.717, 1.165) is 12.0 Å². The van der Waals surface area contributed by atoms with Gasteiger partial charge in [-0.05, 0) is 18.9 Å². The standard InChI is InChI=1S/C6H9Cl3/c1-3-4-5(2)6(7,8)9/h4H,3H2,1-2H3/b5-4+. The molecule has 0 nitrogen and oxygen atoms in total. The van der Waals surface area contributed by atoms with Gasteiger partial charge in [-0.1, -0.05) is 47.8 Å². The van der Waals surface area contributed by atoms with Crippen molar-refractivity contribution in [2.24, 2.45) is 0 Å². The Balaban J connectivity index is 4.03. The second kappa shape index (κ2) is 3.70. The topological polar surface area (TPSA) is 0 Å². The molecule has 0 N–H and O–H groups in total. The van der Waals surface area contributed by atoms with Gasteiger partial charge in [0.1, 0.15) is 0 Å². The average molecular weight is 187 g/mol. The monoisotopic (exact) mass is 186 g/mol. The van der Waals surface area contributed by atoms with Crippen LogP contribution in [0.15, 0.2) is 11.6 Å². The van der Waals surface area contributed by atoms with Gasteiger partial charge >= 0.3 is 0 Å². The quantitative estimate of drug-likeness (QED) is 0.434. The smallest absolute Gasteiger partial charge is 0.0817 e. The Hall–Kier alpha value is 0.610. The Labute approximate surface area is 70.8 Å². The molecule has 0 bridgehead atoms. The largest absolute Gasteiger partial charge is 0.211 e. The van der Waals surface area contributed by atoms with E-state index < -0.39 is 3.79 Å². The lowest BCUT2D eigenvalue weighted by Crippen LogP contribution is -2.02. The molecule has 0 saturated carbocycles. The van der Waals surface area contributed by atoms with Crippen LogP contribution < -0.4 is 0 Å². The van der Waals surface area contributed by atoms with E-state index in [-0.39, 0.29) is 0 Å². The Morgan fingerprint density at radius 3 is 2.00 bits per heavy atom. The molecule has 0 saturated heterocycles. The molecule has 0 amide bonds. The molecular formula is C6H9Cl3. The van der Waals surface area contributed by atoms with E-state index in [9.17, 15) is 0 Å². The summed E-state index contributed by atoms with van der Waals surface area (Å²) in [5.41, 5.74) is 0.787. The van der Waals surface area contributed by atoms with Crippen LogP contribution >= 0.6 is 34.8 Å². The van der Waals surface area contributed by atoms with E-state index in [2.05, 4.69) is 0 Å². The fourth-order valence-electron chi connectivity index (χ4n) is 0.422. The van der Waals surface area contributed by atoms with Gasteiger partial charge in [0.15, 0.2) is 0 Å². The number of halogens is 3. The van der Waals surface area contributed by atoms with Crippen molar-refractivity contribution in [3.63, 3.8) is 0 Å². The maximum atomic E-state index is 5.52. The van der Waals surface area contributed by atoms with Gasteiger partial charge in [0.25, 0.3) is 0 Å². The number of rotatable bonds is 1. The maximum Gasteiger partial charge on any atom is 0.211 e. The minimum atomic E-state index is -1.21. The highest BCUT2D eigenvalue weighted by atomic mass is 35.6. The number of hydrogen-bond acceptors (Lipinski definition) is 0. The summed E-state index contributed by atoms with van der Waals surface area (Å²) in [6.45, 7) is 3.80. The molecule has 0 aliphatic heterocycles. The zero-order chi connectivity index (χ0) is 7.49. The molecule has 3 heteroatoms. The van der Waals surface area contributed by atoms with Gasteiger partial charge < -0.3 is 0 Å². The zero-order valence-electron chi connectivity index (χ0n) is 5.42. The first-order chi connectivity index (χ1) is 3.98. The fourth-order valence-corrected chi connectivity index (χ4v) is 0.653. The van der Waals surface area contributed by atoms with Crippen molar-refractivity contribution < 1.29 is 0 Å². The van der Waals surface area contributed by atoms with E-state index in [1.807, 2.05) is 13.0 Å². The number of allylic oxidation sites excluding steroid dienone is 2. The number of alkyl halides is 3. The van der Waals surface area contributed by atoms with E-state index >= 15 is 0 Å². The molecule has 0 heterocycles. The van der Waals surface area contributed by atoms with Crippen LogP contribution in [0.1, 0.15) is 20.3 Å². The molecule has 0 atom stereocenters. The Kier molecular flexibility index (Phi) is 3.95. The van der Waals surface area contributed by atoms with Crippen molar-refractivity contribution in [1.29, 1.82) is 0 Å². The van der Waals surface area contributed by atoms with Crippen LogP contribution in [-0.4, -0.2) is 3.79 Å². The van der Waals surface area contributed by atoms with Crippen molar-refractivity contribution in [1.82, 2.24) is 0 Å². The van der Waals surface area contributed by atoms with Gasteiger partial charge in [-0.15, -0.1) is 0 Å². The highest BCUT2D eigenvalue weighted by molar-refractivity contribution is 6.69. The number of hydrogen-bond donors (Lipinski definition) is 0. The molecule has 0 fully saturated rings. The van der Waals surface area contributed by atoms with Gasteiger partial charge in [-0.25, -0.2) is 0 Å². The highest BCUT2D eigenvalue weighted by Gasteiger charge is 2.20. The van der Waals surface area contributed by atoms with E-state index in [1.54, 1.807) is 6.92 Å². The molecule has 54 valence electrons. The zero-order valence-corrected chi connectivity index (χ0v) is 7.69. The molecule has 0 aromatic rings. The molecular weight excluding hydrogens is 178 g/mol. The van der Waals surface area contributed by atoms with Crippen LogP contribution in [0.3, 0.4) is 0 Å². The van der Waals surface area contributed by atoms with Crippen molar-refractivity contribution in [3.8, 4) is 0 Å². The Bertz CT molecular complexity index is 110. The van der Waals surface area contributed by atoms with Crippen molar-refractivity contribution in [2.75, 3.05) is 0 Å². The van der Waals surface area contributed by atoms with Crippen LogP contribution in [-0.2, 0) is 0 Å². The second-order valence-electron chi connectivity index (χ2n) is 1.79. The van der Waals surface area contributed by atoms with E-state index in [4.69, 9.17) is 34.8 Å². The predicted molar refractivity (Wildman–Crippen MR) is 44.3 cm³/mol. The second-order valence-corrected chi connectivity index (χ2v) is 4.07. The first kappa shape index (κ1) is 9.61. The fraction of sp³-hybridized carbons (Fsp3) is 0.667. The summed E-state index contributed by atoms with van der Waals surface area (Å²) >= 11 is 16.6. The van der Waals surface area contributed by atoms with Gasteiger partial charge in [-0.3, -0.25) is 0 Å². The lowest BCUT2D eigenvalue weighted by molar-refractivity contribution is 1.13.